The van der Waals surface area contributed by atoms with Gasteiger partial charge in [-0.15, -0.1) is 11.3 Å². The van der Waals surface area contributed by atoms with Crippen LogP contribution in [-0.4, -0.2) is 70.0 Å². The maximum absolute atomic E-state index is 12.8. The molecule has 0 unspecified atom stereocenters. The Bertz CT molecular complexity index is 1590. The van der Waals surface area contributed by atoms with Crippen molar-refractivity contribution < 1.29 is 4.79 Å². The molecule has 13 heteroatoms. The van der Waals surface area contributed by atoms with Gasteiger partial charge in [-0.25, -0.2) is 14.8 Å². The summed E-state index contributed by atoms with van der Waals surface area (Å²) in [4.78, 5) is 63.1. The molecule has 0 bridgehead atoms. The third-order valence-electron chi connectivity index (χ3n) is 6.47. The first kappa shape index (κ1) is 23.2. The number of carbonyl (C=O) groups excluding carboxylic acids is 1. The number of carbonyl (C=O) groups is 1. The summed E-state index contributed by atoms with van der Waals surface area (Å²) in [6, 6.07) is 1.57. The van der Waals surface area contributed by atoms with Crippen molar-refractivity contribution in [3.63, 3.8) is 0 Å². The number of thiazole rings is 1. The van der Waals surface area contributed by atoms with Crippen molar-refractivity contribution >= 4 is 33.4 Å². The standard InChI is InChI=1S/C22H26N8O4S/c1-25-19-18(20(33)26(2)22(25)34)29(14-23-19)5-3-4-16(31)28-8-6-27(7-9-28)13-15-12-17(32)30-10-11-35-21(30)24-15/h10-12,14H,3-9,13H2,1-2H3. The number of piperazine rings is 1. The molecule has 184 valence electrons. The number of hydrogen-bond donors (Lipinski definition) is 0. The number of nitrogens with zero attached hydrogens (tertiary/aromatic N) is 8. The van der Waals surface area contributed by atoms with E-state index in [2.05, 4.69) is 14.9 Å². The van der Waals surface area contributed by atoms with Gasteiger partial charge >= 0.3 is 5.69 Å². The molecule has 12 nitrogen and oxygen atoms in total. The van der Waals surface area contributed by atoms with E-state index in [0.717, 1.165) is 10.3 Å². The minimum atomic E-state index is -0.419. The highest BCUT2D eigenvalue weighted by Crippen LogP contribution is 2.12. The molecule has 1 saturated heterocycles. The first-order valence-corrected chi connectivity index (χ1v) is 12.3. The van der Waals surface area contributed by atoms with Crippen molar-refractivity contribution in [3.05, 3.63) is 60.9 Å². The molecule has 0 aliphatic carbocycles. The zero-order chi connectivity index (χ0) is 24.7. The molecule has 0 spiro atoms. The number of hydrogen-bond acceptors (Lipinski definition) is 8. The summed E-state index contributed by atoms with van der Waals surface area (Å²) >= 11 is 1.43. The first-order chi connectivity index (χ1) is 16.8. The highest BCUT2D eigenvalue weighted by atomic mass is 32.1. The Morgan fingerprint density at radius 2 is 1.86 bits per heavy atom. The maximum atomic E-state index is 12.8. The number of amides is 1. The van der Waals surface area contributed by atoms with E-state index in [1.807, 2.05) is 10.3 Å². The summed E-state index contributed by atoms with van der Waals surface area (Å²) in [5.41, 5.74) is 0.565. The van der Waals surface area contributed by atoms with E-state index in [0.29, 0.717) is 68.2 Å². The molecule has 35 heavy (non-hydrogen) atoms. The van der Waals surface area contributed by atoms with Crippen LogP contribution in [0.1, 0.15) is 18.5 Å². The summed E-state index contributed by atoms with van der Waals surface area (Å²) in [6.45, 7) is 3.71. The van der Waals surface area contributed by atoms with Gasteiger partial charge in [0.1, 0.15) is 0 Å². The van der Waals surface area contributed by atoms with Gasteiger partial charge in [-0.05, 0) is 6.42 Å². The molecule has 0 saturated carbocycles. The highest BCUT2D eigenvalue weighted by Gasteiger charge is 2.22. The van der Waals surface area contributed by atoms with Gasteiger partial charge in [0.25, 0.3) is 11.1 Å². The lowest BCUT2D eigenvalue weighted by molar-refractivity contribution is -0.133. The topological polar surface area (TPSA) is 120 Å². The van der Waals surface area contributed by atoms with Gasteiger partial charge in [0.05, 0.1) is 12.0 Å². The smallest absolute Gasteiger partial charge is 0.332 e. The van der Waals surface area contributed by atoms with Crippen LogP contribution in [-0.2, 0) is 32.0 Å². The molecule has 4 aromatic rings. The molecule has 0 aromatic carbocycles. The van der Waals surface area contributed by atoms with Crippen molar-refractivity contribution in [2.24, 2.45) is 14.1 Å². The van der Waals surface area contributed by atoms with Gasteiger partial charge in [-0.1, -0.05) is 0 Å². The van der Waals surface area contributed by atoms with Crippen LogP contribution in [0.2, 0.25) is 0 Å². The van der Waals surface area contributed by atoms with E-state index < -0.39 is 11.2 Å². The van der Waals surface area contributed by atoms with Gasteiger partial charge in [0.2, 0.25) is 5.91 Å². The fourth-order valence-corrected chi connectivity index (χ4v) is 5.22. The SMILES string of the molecule is Cn1c(=O)c2c(ncn2CCCC(=O)N2CCN(Cc3cc(=O)n4ccsc4n3)CC2)n(C)c1=O. The largest absolute Gasteiger partial charge is 0.340 e. The molecule has 1 fully saturated rings. The van der Waals surface area contributed by atoms with Crippen molar-refractivity contribution in [1.29, 1.82) is 0 Å². The molecule has 0 N–H and O–H groups in total. The number of imidazole rings is 1. The predicted octanol–water partition coefficient (Wildman–Crippen LogP) is -0.372. The zero-order valence-corrected chi connectivity index (χ0v) is 20.4. The monoisotopic (exact) mass is 498 g/mol. The third-order valence-corrected chi connectivity index (χ3v) is 7.23. The fraction of sp³-hybridized carbons (Fsp3) is 0.455. The van der Waals surface area contributed by atoms with Crippen LogP contribution in [0.3, 0.4) is 0 Å². The summed E-state index contributed by atoms with van der Waals surface area (Å²) in [7, 11) is 3.03. The molecule has 4 aromatic heterocycles. The minimum absolute atomic E-state index is 0.0748. The molecule has 0 atom stereocenters. The quantitative estimate of drug-likeness (QED) is 0.356. The lowest BCUT2D eigenvalue weighted by Gasteiger charge is -2.34. The van der Waals surface area contributed by atoms with Crippen LogP contribution < -0.4 is 16.8 Å². The Hall–Kier alpha value is -3.58. The predicted molar refractivity (Wildman–Crippen MR) is 131 cm³/mol. The van der Waals surface area contributed by atoms with Gasteiger partial charge in [0, 0.05) is 77.4 Å². The minimum Gasteiger partial charge on any atom is -0.340 e. The van der Waals surface area contributed by atoms with Crippen LogP contribution in [0.5, 0.6) is 0 Å². The van der Waals surface area contributed by atoms with Crippen molar-refractivity contribution in [1.82, 2.24) is 37.9 Å². The highest BCUT2D eigenvalue weighted by molar-refractivity contribution is 7.15. The summed E-state index contributed by atoms with van der Waals surface area (Å²) in [6.07, 6.45) is 4.19. The van der Waals surface area contributed by atoms with Crippen LogP contribution in [0.4, 0.5) is 0 Å². The van der Waals surface area contributed by atoms with Crippen LogP contribution in [0.25, 0.3) is 16.1 Å². The normalized spacial score (nSPS) is 14.9. The average molecular weight is 499 g/mol. The van der Waals surface area contributed by atoms with Gasteiger partial charge in [0.15, 0.2) is 16.1 Å². The second kappa shape index (κ2) is 9.23. The lowest BCUT2D eigenvalue weighted by Crippen LogP contribution is -2.48. The van der Waals surface area contributed by atoms with E-state index >= 15 is 0 Å². The van der Waals surface area contributed by atoms with Crippen LogP contribution >= 0.6 is 11.3 Å². The van der Waals surface area contributed by atoms with E-state index in [-0.39, 0.29) is 11.5 Å². The Morgan fingerprint density at radius 3 is 2.63 bits per heavy atom. The molecule has 5 heterocycles. The average Bonchev–Trinajstić information content (AvgIpc) is 3.49. The van der Waals surface area contributed by atoms with E-state index in [1.54, 1.807) is 30.2 Å². The number of aryl methyl sites for hydroxylation is 2. The zero-order valence-electron chi connectivity index (χ0n) is 19.6. The van der Waals surface area contributed by atoms with Crippen molar-refractivity contribution in [2.75, 3.05) is 26.2 Å². The molecular weight excluding hydrogens is 472 g/mol. The van der Waals surface area contributed by atoms with Crippen molar-refractivity contribution in [3.8, 4) is 0 Å². The molecule has 1 aliphatic heterocycles. The summed E-state index contributed by atoms with van der Waals surface area (Å²) < 4.78 is 5.66. The van der Waals surface area contributed by atoms with E-state index in [9.17, 15) is 19.2 Å². The second-order valence-corrected chi connectivity index (χ2v) is 9.59. The fourth-order valence-electron chi connectivity index (χ4n) is 4.48. The van der Waals surface area contributed by atoms with E-state index in [1.165, 1.54) is 27.4 Å². The molecular formula is C22H26N8O4S. The van der Waals surface area contributed by atoms with Crippen LogP contribution in [0, 0.1) is 0 Å². The number of aromatic nitrogens is 6. The maximum Gasteiger partial charge on any atom is 0.332 e. The second-order valence-electron chi connectivity index (χ2n) is 8.72. The number of fused-ring (bicyclic) bond motifs is 2. The summed E-state index contributed by atoms with van der Waals surface area (Å²) in [5, 5.41) is 1.84. The molecule has 1 amide bonds. The number of rotatable bonds is 6. The first-order valence-electron chi connectivity index (χ1n) is 11.4. The third kappa shape index (κ3) is 4.32. The molecule has 1 aliphatic rings. The Morgan fingerprint density at radius 1 is 1.09 bits per heavy atom. The Balaban J connectivity index is 1.15. The van der Waals surface area contributed by atoms with Gasteiger partial charge in [-0.3, -0.25) is 32.8 Å². The summed E-state index contributed by atoms with van der Waals surface area (Å²) in [5.74, 6) is 0.0748. The van der Waals surface area contributed by atoms with E-state index in [4.69, 9.17) is 0 Å². The van der Waals surface area contributed by atoms with Gasteiger partial charge < -0.3 is 9.47 Å². The lowest BCUT2D eigenvalue weighted by atomic mass is 10.2. The Kier molecular flexibility index (Phi) is 6.11. The van der Waals surface area contributed by atoms with Crippen molar-refractivity contribution in [2.45, 2.75) is 25.9 Å². The van der Waals surface area contributed by atoms with Gasteiger partial charge in [-0.2, -0.15) is 0 Å². The molecule has 5 rings (SSSR count). The molecule has 0 radical (unpaired) electrons. The van der Waals surface area contributed by atoms with Crippen LogP contribution in [0.15, 0.2) is 38.4 Å². The Labute approximate surface area is 203 Å².